The van der Waals surface area contributed by atoms with Crippen LogP contribution < -0.4 is 5.32 Å². The molecule has 2 aliphatic heterocycles. The van der Waals surface area contributed by atoms with Crippen LogP contribution in [0, 0.1) is 0 Å². The SMILES string of the molecule is COC(=O)C1=C(Br)C2C=CC1N2. The normalized spacial score (nSPS) is 31.5. The van der Waals surface area contributed by atoms with Crippen molar-refractivity contribution < 1.29 is 9.53 Å². The van der Waals surface area contributed by atoms with E-state index in [0.717, 1.165) is 4.48 Å². The second-order valence-electron chi connectivity index (χ2n) is 2.76. The molecule has 0 aromatic heterocycles. The molecule has 0 fully saturated rings. The Morgan fingerprint density at radius 1 is 1.58 bits per heavy atom. The molecular formula is C8H8BrNO2. The molecule has 2 bridgehead atoms. The van der Waals surface area contributed by atoms with E-state index in [1.807, 2.05) is 12.2 Å². The summed E-state index contributed by atoms with van der Waals surface area (Å²) in [7, 11) is 1.39. The molecule has 64 valence electrons. The molecule has 0 aromatic carbocycles. The van der Waals surface area contributed by atoms with Crippen molar-refractivity contribution in [3.63, 3.8) is 0 Å². The molecular weight excluding hydrogens is 222 g/mol. The molecule has 0 saturated carbocycles. The Bertz CT molecular complexity index is 295. The van der Waals surface area contributed by atoms with Gasteiger partial charge in [-0.05, 0) is 0 Å². The van der Waals surface area contributed by atoms with Gasteiger partial charge in [-0.2, -0.15) is 0 Å². The summed E-state index contributed by atoms with van der Waals surface area (Å²) in [6.45, 7) is 0. The molecule has 3 nitrogen and oxygen atoms in total. The molecule has 4 heteroatoms. The van der Waals surface area contributed by atoms with Crippen molar-refractivity contribution >= 4 is 21.9 Å². The van der Waals surface area contributed by atoms with Crippen LogP contribution in [0.25, 0.3) is 0 Å². The molecule has 0 radical (unpaired) electrons. The first-order valence-corrected chi connectivity index (χ1v) is 4.45. The molecule has 0 saturated heterocycles. The van der Waals surface area contributed by atoms with Gasteiger partial charge in [0, 0.05) is 4.48 Å². The number of methoxy groups -OCH3 is 1. The van der Waals surface area contributed by atoms with E-state index < -0.39 is 0 Å². The highest BCUT2D eigenvalue weighted by Crippen LogP contribution is 2.32. The minimum Gasteiger partial charge on any atom is -0.466 e. The standard InChI is InChI=1S/C8H8BrNO2/c1-12-8(11)6-4-2-3-5(10-4)7(6)9/h2-5,10H,1H3. The summed E-state index contributed by atoms with van der Waals surface area (Å²) >= 11 is 3.37. The number of hydrogen-bond acceptors (Lipinski definition) is 3. The van der Waals surface area contributed by atoms with Crippen molar-refractivity contribution in [3.8, 4) is 0 Å². The van der Waals surface area contributed by atoms with E-state index in [-0.39, 0.29) is 18.1 Å². The van der Waals surface area contributed by atoms with E-state index in [9.17, 15) is 4.79 Å². The predicted octanol–water partition coefficient (Wildman–Crippen LogP) is 0.719. The Kier molecular flexibility index (Phi) is 1.81. The maximum Gasteiger partial charge on any atom is 0.336 e. The minimum atomic E-state index is -0.258. The van der Waals surface area contributed by atoms with Gasteiger partial charge in [-0.3, -0.25) is 5.32 Å². The van der Waals surface area contributed by atoms with Crippen LogP contribution in [0.1, 0.15) is 0 Å². The van der Waals surface area contributed by atoms with Crippen LogP contribution in [0.5, 0.6) is 0 Å². The van der Waals surface area contributed by atoms with Crippen LogP contribution in [0.15, 0.2) is 22.2 Å². The van der Waals surface area contributed by atoms with Crippen molar-refractivity contribution in [1.29, 1.82) is 0 Å². The minimum absolute atomic E-state index is 0.0387. The zero-order chi connectivity index (χ0) is 8.72. The summed E-state index contributed by atoms with van der Waals surface area (Å²) in [6.07, 6.45) is 4.00. The summed E-state index contributed by atoms with van der Waals surface area (Å²) in [5.74, 6) is -0.258. The van der Waals surface area contributed by atoms with Crippen molar-refractivity contribution in [1.82, 2.24) is 5.32 Å². The van der Waals surface area contributed by atoms with Crippen molar-refractivity contribution in [2.24, 2.45) is 0 Å². The molecule has 2 atom stereocenters. The van der Waals surface area contributed by atoms with E-state index >= 15 is 0 Å². The van der Waals surface area contributed by atoms with E-state index in [4.69, 9.17) is 0 Å². The molecule has 2 aliphatic rings. The van der Waals surface area contributed by atoms with Crippen molar-refractivity contribution in [3.05, 3.63) is 22.2 Å². The third kappa shape index (κ3) is 0.949. The molecule has 0 amide bonds. The van der Waals surface area contributed by atoms with Crippen LogP contribution in [-0.4, -0.2) is 25.2 Å². The lowest BCUT2D eigenvalue weighted by Gasteiger charge is -2.07. The van der Waals surface area contributed by atoms with Gasteiger partial charge in [0.15, 0.2) is 0 Å². The van der Waals surface area contributed by atoms with Crippen molar-refractivity contribution in [2.75, 3.05) is 7.11 Å². The lowest BCUT2D eigenvalue weighted by molar-refractivity contribution is -0.136. The molecule has 0 spiro atoms. The molecule has 1 N–H and O–H groups in total. The van der Waals surface area contributed by atoms with Gasteiger partial charge in [0.1, 0.15) is 0 Å². The van der Waals surface area contributed by atoms with Gasteiger partial charge in [-0.25, -0.2) is 4.79 Å². The Balaban J connectivity index is 2.32. The van der Waals surface area contributed by atoms with Gasteiger partial charge in [-0.1, -0.05) is 28.1 Å². The van der Waals surface area contributed by atoms with Gasteiger partial charge in [0.2, 0.25) is 0 Å². The van der Waals surface area contributed by atoms with Crippen LogP contribution in [0.2, 0.25) is 0 Å². The molecule has 0 aromatic rings. The molecule has 2 unspecified atom stereocenters. The number of ether oxygens (including phenoxy) is 1. The Morgan fingerprint density at radius 3 is 2.75 bits per heavy atom. The average molecular weight is 230 g/mol. The number of rotatable bonds is 1. The molecule has 2 heterocycles. The highest BCUT2D eigenvalue weighted by atomic mass is 79.9. The fourth-order valence-corrected chi connectivity index (χ4v) is 2.21. The Labute approximate surface area is 78.6 Å². The van der Waals surface area contributed by atoms with Gasteiger partial charge in [-0.15, -0.1) is 0 Å². The predicted molar refractivity (Wildman–Crippen MR) is 47.8 cm³/mol. The lowest BCUT2D eigenvalue weighted by atomic mass is 10.1. The van der Waals surface area contributed by atoms with Gasteiger partial charge in [0.25, 0.3) is 0 Å². The topological polar surface area (TPSA) is 38.3 Å². The number of halogens is 1. The molecule has 2 rings (SSSR count). The summed E-state index contributed by atoms with van der Waals surface area (Å²) in [5.41, 5.74) is 0.699. The van der Waals surface area contributed by atoms with E-state index in [0.29, 0.717) is 5.57 Å². The maximum atomic E-state index is 11.2. The lowest BCUT2D eigenvalue weighted by Crippen LogP contribution is -2.25. The van der Waals surface area contributed by atoms with Crippen molar-refractivity contribution in [2.45, 2.75) is 12.1 Å². The molecule has 0 aliphatic carbocycles. The quantitative estimate of drug-likeness (QED) is 0.532. The molecule has 12 heavy (non-hydrogen) atoms. The Morgan fingerprint density at radius 2 is 2.25 bits per heavy atom. The van der Waals surface area contributed by atoms with E-state index in [1.54, 1.807) is 0 Å². The number of esters is 1. The number of hydrogen-bond donors (Lipinski definition) is 1. The van der Waals surface area contributed by atoms with Gasteiger partial charge >= 0.3 is 5.97 Å². The van der Waals surface area contributed by atoms with Gasteiger partial charge in [0.05, 0.1) is 24.8 Å². The highest BCUT2D eigenvalue weighted by Gasteiger charge is 2.37. The summed E-state index contributed by atoms with van der Waals surface area (Å²) in [5, 5.41) is 3.21. The number of carbonyl (C=O) groups is 1. The summed E-state index contributed by atoms with van der Waals surface area (Å²) < 4.78 is 5.56. The van der Waals surface area contributed by atoms with Crippen LogP contribution >= 0.6 is 15.9 Å². The fourth-order valence-electron chi connectivity index (χ4n) is 1.51. The zero-order valence-electron chi connectivity index (χ0n) is 6.50. The van der Waals surface area contributed by atoms with E-state index in [1.165, 1.54) is 7.11 Å². The third-order valence-electron chi connectivity index (χ3n) is 2.10. The van der Waals surface area contributed by atoms with E-state index in [2.05, 4.69) is 26.0 Å². The van der Waals surface area contributed by atoms with Crippen LogP contribution in [-0.2, 0) is 9.53 Å². The maximum absolute atomic E-state index is 11.2. The largest absolute Gasteiger partial charge is 0.466 e. The summed E-state index contributed by atoms with van der Waals surface area (Å²) in [4.78, 5) is 11.2. The first-order valence-electron chi connectivity index (χ1n) is 3.66. The summed E-state index contributed by atoms with van der Waals surface area (Å²) in [6, 6.07) is 0.209. The monoisotopic (exact) mass is 229 g/mol. The van der Waals surface area contributed by atoms with Gasteiger partial charge < -0.3 is 4.74 Å². The first kappa shape index (κ1) is 8.01. The number of nitrogens with one attached hydrogen (secondary N) is 1. The second kappa shape index (κ2) is 2.71. The Hall–Kier alpha value is -0.610. The number of fused-ring (bicyclic) bond motifs is 2. The van der Waals surface area contributed by atoms with Crippen LogP contribution in [0.4, 0.5) is 0 Å². The number of carbonyl (C=O) groups excluding carboxylic acids is 1. The fraction of sp³-hybridized carbons (Fsp3) is 0.375. The van der Waals surface area contributed by atoms with Crippen LogP contribution in [0.3, 0.4) is 0 Å². The highest BCUT2D eigenvalue weighted by molar-refractivity contribution is 9.11. The first-order chi connectivity index (χ1) is 5.74. The second-order valence-corrected chi connectivity index (χ2v) is 3.61. The average Bonchev–Trinajstić information content (AvgIpc) is 2.63. The smallest absolute Gasteiger partial charge is 0.336 e. The third-order valence-corrected chi connectivity index (χ3v) is 3.02. The zero-order valence-corrected chi connectivity index (χ0v) is 8.09.